The minimum absolute atomic E-state index is 0.114. The number of amides is 1. The average molecular weight is 525 g/mol. The summed E-state index contributed by atoms with van der Waals surface area (Å²) in [5.41, 5.74) is 3.16. The fourth-order valence-corrected chi connectivity index (χ4v) is 5.23. The first kappa shape index (κ1) is 18.2. The standard InChI is InChI=1S/C23H15Br2N3O2/c24-14-7-9-21-16(10-14)20-12-19(13-4-2-1-3-5-13)27-28(20)23(30-21)17-11-15(25)6-8-18(17)26-22(23)29/h1-11,20H,12H2,(H,26,29)/t20-,23+/m0/s1. The Morgan fingerprint density at radius 2 is 1.80 bits per heavy atom. The van der Waals surface area contributed by atoms with Crippen molar-refractivity contribution in [3.05, 3.63) is 92.4 Å². The fourth-order valence-electron chi connectivity index (χ4n) is 4.49. The van der Waals surface area contributed by atoms with Crippen molar-refractivity contribution in [3.63, 3.8) is 0 Å². The molecule has 0 aromatic heterocycles. The van der Waals surface area contributed by atoms with Gasteiger partial charge >= 0.3 is 5.72 Å². The normalized spacial score (nSPS) is 23.4. The predicted molar refractivity (Wildman–Crippen MR) is 121 cm³/mol. The number of fused-ring (bicyclic) bond motifs is 6. The van der Waals surface area contributed by atoms with Crippen LogP contribution in [0.15, 0.2) is 80.8 Å². The molecule has 0 radical (unpaired) electrons. The highest BCUT2D eigenvalue weighted by Gasteiger charge is 2.61. The minimum atomic E-state index is -1.35. The van der Waals surface area contributed by atoms with Crippen LogP contribution in [-0.2, 0) is 10.5 Å². The molecule has 2 atom stereocenters. The van der Waals surface area contributed by atoms with E-state index < -0.39 is 5.72 Å². The zero-order valence-corrected chi connectivity index (χ0v) is 18.8. The molecular formula is C23H15Br2N3O2. The van der Waals surface area contributed by atoms with Crippen LogP contribution in [-0.4, -0.2) is 16.6 Å². The average Bonchev–Trinajstić information content (AvgIpc) is 3.31. The van der Waals surface area contributed by atoms with Gasteiger partial charge < -0.3 is 10.1 Å². The van der Waals surface area contributed by atoms with Crippen LogP contribution in [0.4, 0.5) is 5.69 Å². The van der Waals surface area contributed by atoms with Crippen molar-refractivity contribution < 1.29 is 9.53 Å². The molecule has 3 aromatic rings. The molecule has 3 heterocycles. The lowest BCUT2D eigenvalue weighted by atomic mass is 9.92. The van der Waals surface area contributed by atoms with Gasteiger partial charge in [-0.25, -0.2) is 5.01 Å². The highest BCUT2D eigenvalue weighted by molar-refractivity contribution is 9.10. The van der Waals surface area contributed by atoms with Crippen LogP contribution in [0, 0.1) is 0 Å². The van der Waals surface area contributed by atoms with Gasteiger partial charge in [-0.2, -0.15) is 5.10 Å². The van der Waals surface area contributed by atoms with Gasteiger partial charge in [0.05, 0.1) is 23.0 Å². The lowest BCUT2D eigenvalue weighted by Crippen LogP contribution is -2.55. The van der Waals surface area contributed by atoms with Gasteiger partial charge in [-0.15, -0.1) is 0 Å². The van der Waals surface area contributed by atoms with E-state index in [1.165, 1.54) is 0 Å². The van der Waals surface area contributed by atoms with E-state index in [1.54, 1.807) is 0 Å². The van der Waals surface area contributed by atoms with Crippen molar-refractivity contribution in [2.75, 3.05) is 5.32 Å². The van der Waals surface area contributed by atoms with Gasteiger partial charge in [-0.05, 0) is 42.0 Å². The van der Waals surface area contributed by atoms with Gasteiger partial charge in [-0.3, -0.25) is 4.79 Å². The van der Waals surface area contributed by atoms with Crippen LogP contribution in [0.2, 0.25) is 0 Å². The second-order valence-corrected chi connectivity index (χ2v) is 9.38. The van der Waals surface area contributed by atoms with E-state index in [9.17, 15) is 4.79 Å². The molecule has 0 saturated carbocycles. The number of carbonyl (C=O) groups excluding carboxylic acids is 1. The molecule has 3 aliphatic rings. The second-order valence-electron chi connectivity index (χ2n) is 7.55. The van der Waals surface area contributed by atoms with Gasteiger partial charge in [-0.1, -0.05) is 62.2 Å². The third-order valence-corrected chi connectivity index (χ3v) is 6.82. The highest BCUT2D eigenvalue weighted by Crippen LogP contribution is 2.54. The van der Waals surface area contributed by atoms with Gasteiger partial charge in [0, 0.05) is 20.9 Å². The van der Waals surface area contributed by atoms with Gasteiger partial charge in [0.1, 0.15) is 5.75 Å². The molecule has 0 saturated heterocycles. The van der Waals surface area contributed by atoms with Crippen molar-refractivity contribution in [1.29, 1.82) is 0 Å². The van der Waals surface area contributed by atoms with Gasteiger partial charge in [0.2, 0.25) is 0 Å². The third kappa shape index (κ3) is 2.45. The molecule has 3 aliphatic heterocycles. The Morgan fingerprint density at radius 3 is 2.63 bits per heavy atom. The molecule has 1 amide bonds. The quantitative estimate of drug-likeness (QED) is 0.453. The summed E-state index contributed by atoms with van der Waals surface area (Å²) in [7, 11) is 0. The highest BCUT2D eigenvalue weighted by atomic mass is 79.9. The monoisotopic (exact) mass is 523 g/mol. The Labute approximate surface area is 190 Å². The van der Waals surface area contributed by atoms with Crippen LogP contribution in [0.1, 0.15) is 29.2 Å². The Balaban J connectivity index is 1.60. The van der Waals surface area contributed by atoms with E-state index in [0.29, 0.717) is 12.2 Å². The van der Waals surface area contributed by atoms with E-state index in [1.807, 2.05) is 65.7 Å². The Bertz CT molecular complexity index is 1240. The van der Waals surface area contributed by atoms with Crippen molar-refractivity contribution >= 4 is 49.2 Å². The summed E-state index contributed by atoms with van der Waals surface area (Å²) in [6, 6.07) is 21.6. The topological polar surface area (TPSA) is 53.9 Å². The van der Waals surface area contributed by atoms with Crippen LogP contribution in [0.5, 0.6) is 5.75 Å². The Morgan fingerprint density at radius 1 is 1.03 bits per heavy atom. The summed E-state index contributed by atoms with van der Waals surface area (Å²) >= 11 is 7.11. The van der Waals surface area contributed by atoms with Crippen molar-refractivity contribution in [3.8, 4) is 5.75 Å². The fraction of sp³-hybridized carbons (Fsp3) is 0.130. The summed E-state index contributed by atoms with van der Waals surface area (Å²) in [6.07, 6.45) is 0.690. The molecule has 0 unspecified atom stereocenters. The maximum absolute atomic E-state index is 13.4. The zero-order valence-electron chi connectivity index (χ0n) is 15.6. The molecule has 3 aromatic carbocycles. The molecule has 0 aliphatic carbocycles. The first-order chi connectivity index (χ1) is 14.6. The Kier molecular flexibility index (Phi) is 3.89. The molecule has 148 valence electrons. The number of rotatable bonds is 1. The number of anilines is 1. The zero-order chi connectivity index (χ0) is 20.5. The molecule has 0 fully saturated rings. The first-order valence-corrected chi connectivity index (χ1v) is 11.2. The van der Waals surface area contributed by atoms with Crippen molar-refractivity contribution in [2.24, 2.45) is 5.10 Å². The van der Waals surface area contributed by atoms with E-state index >= 15 is 0 Å². The summed E-state index contributed by atoms with van der Waals surface area (Å²) in [4.78, 5) is 13.4. The smallest absolute Gasteiger partial charge is 0.306 e. The molecule has 0 bridgehead atoms. The van der Waals surface area contributed by atoms with E-state index in [-0.39, 0.29) is 11.9 Å². The minimum Gasteiger partial charge on any atom is -0.453 e. The molecule has 30 heavy (non-hydrogen) atoms. The van der Waals surface area contributed by atoms with E-state index in [4.69, 9.17) is 9.84 Å². The summed E-state index contributed by atoms with van der Waals surface area (Å²) in [6.45, 7) is 0. The molecule has 7 heteroatoms. The number of nitrogens with zero attached hydrogens (tertiary/aromatic N) is 2. The number of hydrogen-bond donors (Lipinski definition) is 1. The number of benzene rings is 3. The van der Waals surface area contributed by atoms with Crippen LogP contribution < -0.4 is 10.1 Å². The van der Waals surface area contributed by atoms with Crippen LogP contribution in [0.3, 0.4) is 0 Å². The number of ether oxygens (including phenoxy) is 1. The Hall–Kier alpha value is -2.64. The summed E-state index contributed by atoms with van der Waals surface area (Å²) < 4.78 is 8.34. The van der Waals surface area contributed by atoms with E-state index in [2.05, 4.69) is 43.2 Å². The third-order valence-electron chi connectivity index (χ3n) is 5.83. The first-order valence-electron chi connectivity index (χ1n) is 9.58. The number of hydrogen-bond acceptors (Lipinski definition) is 4. The number of halogens is 2. The van der Waals surface area contributed by atoms with Crippen LogP contribution >= 0.6 is 31.9 Å². The van der Waals surface area contributed by atoms with Gasteiger partial charge in [0.25, 0.3) is 5.91 Å². The lowest BCUT2D eigenvalue weighted by Gasteiger charge is -2.44. The molecule has 1 spiro atoms. The SMILES string of the molecule is O=C1Nc2ccc(Br)cc2[C@@]12Oc1ccc(Br)cc1[C@@H]1CC(c3ccccc3)=NN12. The molecule has 5 nitrogen and oxygen atoms in total. The lowest BCUT2D eigenvalue weighted by molar-refractivity contribution is -0.161. The number of nitrogens with one attached hydrogen (secondary N) is 1. The van der Waals surface area contributed by atoms with Crippen molar-refractivity contribution in [1.82, 2.24) is 5.01 Å². The van der Waals surface area contributed by atoms with Gasteiger partial charge in [0.15, 0.2) is 0 Å². The number of carbonyl (C=O) groups is 1. The summed E-state index contributed by atoms with van der Waals surface area (Å²) in [5, 5.41) is 9.79. The largest absolute Gasteiger partial charge is 0.453 e. The van der Waals surface area contributed by atoms with Crippen molar-refractivity contribution in [2.45, 2.75) is 18.2 Å². The molecule has 6 rings (SSSR count). The number of hydrazone groups is 1. The summed E-state index contributed by atoms with van der Waals surface area (Å²) in [5.74, 6) is 0.471. The maximum Gasteiger partial charge on any atom is 0.306 e. The molecule has 1 N–H and O–H groups in total. The van der Waals surface area contributed by atoms with E-state index in [0.717, 1.165) is 37.0 Å². The maximum atomic E-state index is 13.4. The second kappa shape index (κ2) is 6.43. The predicted octanol–water partition coefficient (Wildman–Crippen LogP) is 5.56. The molecular weight excluding hydrogens is 510 g/mol. The van der Waals surface area contributed by atoms with Crippen LogP contribution in [0.25, 0.3) is 0 Å².